The zero-order valence-electron chi connectivity index (χ0n) is 9.32. The number of hydrogen-bond acceptors (Lipinski definition) is 4. The fraction of sp³-hybridized carbons (Fsp3) is 0.800. The van der Waals surface area contributed by atoms with Gasteiger partial charge in [0.25, 0.3) is 0 Å². The van der Waals surface area contributed by atoms with Gasteiger partial charge in [0, 0.05) is 32.7 Å². The lowest BCUT2D eigenvalue weighted by atomic mass is 9.90. The molecule has 0 saturated carbocycles. The number of carboxylic acids is 1. The van der Waals surface area contributed by atoms with Crippen molar-refractivity contribution in [2.75, 3.05) is 26.4 Å². The molecule has 1 amide bonds. The van der Waals surface area contributed by atoms with Gasteiger partial charge in [-0.25, -0.2) is 4.79 Å². The van der Waals surface area contributed by atoms with E-state index in [0.717, 1.165) is 0 Å². The maximum atomic E-state index is 11.4. The van der Waals surface area contributed by atoms with Crippen molar-refractivity contribution in [3.8, 4) is 0 Å². The summed E-state index contributed by atoms with van der Waals surface area (Å²) in [5.41, 5.74) is -1.19. The van der Waals surface area contributed by atoms with Crippen LogP contribution in [-0.2, 0) is 19.1 Å². The number of carboxylic acid groups (broad SMARTS) is 1. The number of carbonyl (C=O) groups excluding carboxylic acids is 1. The highest BCUT2D eigenvalue weighted by molar-refractivity contribution is 5.87. The molecule has 6 heteroatoms. The minimum Gasteiger partial charge on any atom is -0.480 e. The number of ether oxygens (including phenoxy) is 2. The largest absolute Gasteiger partial charge is 0.480 e. The Balaban J connectivity index is 2.56. The number of nitrogens with one attached hydrogen (secondary N) is 1. The summed E-state index contributed by atoms with van der Waals surface area (Å²) >= 11 is 0. The lowest BCUT2D eigenvalue weighted by molar-refractivity contribution is -0.152. The summed E-state index contributed by atoms with van der Waals surface area (Å²) in [7, 11) is 0. The van der Waals surface area contributed by atoms with Gasteiger partial charge in [-0.15, -0.1) is 0 Å². The van der Waals surface area contributed by atoms with Gasteiger partial charge < -0.3 is 19.9 Å². The number of rotatable bonds is 5. The minimum atomic E-state index is -1.19. The smallest absolute Gasteiger partial charge is 0.329 e. The second-order valence-corrected chi connectivity index (χ2v) is 3.68. The molecule has 6 nitrogen and oxygen atoms in total. The topological polar surface area (TPSA) is 84.9 Å². The van der Waals surface area contributed by atoms with Gasteiger partial charge >= 0.3 is 5.97 Å². The van der Waals surface area contributed by atoms with Crippen molar-refractivity contribution in [1.82, 2.24) is 5.32 Å². The van der Waals surface area contributed by atoms with Crippen molar-refractivity contribution in [3.63, 3.8) is 0 Å². The molecule has 16 heavy (non-hydrogen) atoms. The van der Waals surface area contributed by atoms with E-state index in [9.17, 15) is 9.59 Å². The highest BCUT2D eigenvalue weighted by Gasteiger charge is 2.41. The van der Waals surface area contributed by atoms with Crippen LogP contribution < -0.4 is 5.32 Å². The summed E-state index contributed by atoms with van der Waals surface area (Å²) in [6, 6.07) is 0. The molecule has 0 bridgehead atoms. The van der Waals surface area contributed by atoms with Gasteiger partial charge in [-0.2, -0.15) is 0 Å². The minimum absolute atomic E-state index is 0.105. The molecule has 1 fully saturated rings. The zero-order chi connectivity index (χ0) is 12.0. The van der Waals surface area contributed by atoms with E-state index < -0.39 is 17.4 Å². The van der Waals surface area contributed by atoms with Crippen LogP contribution in [-0.4, -0.2) is 48.9 Å². The standard InChI is InChI=1S/C10H17NO5/c1-2-15-7-8(12)11-10(9(13)14)3-5-16-6-4-10/h2-7H2,1H3,(H,11,12)(H,13,14). The van der Waals surface area contributed by atoms with E-state index in [4.69, 9.17) is 14.6 Å². The van der Waals surface area contributed by atoms with Crippen molar-refractivity contribution in [2.45, 2.75) is 25.3 Å². The van der Waals surface area contributed by atoms with Crippen molar-refractivity contribution in [1.29, 1.82) is 0 Å². The first-order valence-electron chi connectivity index (χ1n) is 5.30. The zero-order valence-corrected chi connectivity index (χ0v) is 9.32. The van der Waals surface area contributed by atoms with Gasteiger partial charge in [0.05, 0.1) is 0 Å². The maximum absolute atomic E-state index is 11.4. The van der Waals surface area contributed by atoms with E-state index in [1.165, 1.54) is 0 Å². The molecule has 1 rings (SSSR count). The van der Waals surface area contributed by atoms with Gasteiger partial charge in [-0.3, -0.25) is 4.79 Å². The van der Waals surface area contributed by atoms with Crippen LogP contribution in [0.5, 0.6) is 0 Å². The van der Waals surface area contributed by atoms with Crippen molar-refractivity contribution < 1.29 is 24.2 Å². The first-order valence-corrected chi connectivity index (χ1v) is 5.30. The molecule has 2 N–H and O–H groups in total. The Kier molecular flexibility index (Phi) is 4.70. The van der Waals surface area contributed by atoms with Gasteiger partial charge in [-0.1, -0.05) is 0 Å². The lowest BCUT2D eigenvalue weighted by Crippen LogP contribution is -2.58. The van der Waals surface area contributed by atoms with Crippen LogP contribution in [0.4, 0.5) is 0 Å². The van der Waals surface area contributed by atoms with E-state index >= 15 is 0 Å². The number of carbonyl (C=O) groups is 2. The molecule has 1 aliphatic heterocycles. The molecule has 1 aliphatic rings. The van der Waals surface area contributed by atoms with E-state index in [0.29, 0.717) is 32.7 Å². The summed E-state index contributed by atoms with van der Waals surface area (Å²) in [5.74, 6) is -1.41. The molecule has 0 radical (unpaired) electrons. The monoisotopic (exact) mass is 231 g/mol. The molecule has 0 aromatic heterocycles. The second-order valence-electron chi connectivity index (χ2n) is 3.68. The Morgan fingerprint density at radius 3 is 2.56 bits per heavy atom. The Morgan fingerprint density at radius 1 is 1.44 bits per heavy atom. The van der Waals surface area contributed by atoms with Crippen LogP contribution in [0.15, 0.2) is 0 Å². The Hall–Kier alpha value is -1.14. The maximum Gasteiger partial charge on any atom is 0.329 e. The summed E-state index contributed by atoms with van der Waals surface area (Å²) in [6.07, 6.45) is 0.584. The van der Waals surface area contributed by atoms with E-state index in [1.807, 2.05) is 0 Å². The average Bonchev–Trinajstić information content (AvgIpc) is 2.27. The molecule has 0 unspecified atom stereocenters. The Labute approximate surface area is 93.9 Å². The van der Waals surface area contributed by atoms with Crippen LogP contribution in [0.2, 0.25) is 0 Å². The van der Waals surface area contributed by atoms with Crippen LogP contribution >= 0.6 is 0 Å². The fourth-order valence-corrected chi connectivity index (χ4v) is 1.61. The van der Waals surface area contributed by atoms with Crippen LogP contribution in [0.3, 0.4) is 0 Å². The fourth-order valence-electron chi connectivity index (χ4n) is 1.61. The second kappa shape index (κ2) is 5.81. The van der Waals surface area contributed by atoms with Crippen LogP contribution in [0, 0.1) is 0 Å². The molecule has 0 aromatic carbocycles. The first-order chi connectivity index (χ1) is 7.60. The first kappa shape index (κ1) is 12.9. The highest BCUT2D eigenvalue weighted by Crippen LogP contribution is 2.20. The van der Waals surface area contributed by atoms with Crippen molar-refractivity contribution >= 4 is 11.9 Å². The Bertz CT molecular complexity index is 260. The molecule has 0 spiro atoms. The third-order valence-electron chi connectivity index (χ3n) is 2.57. The highest BCUT2D eigenvalue weighted by atomic mass is 16.5. The predicted octanol–water partition coefficient (Wildman–Crippen LogP) is -0.227. The van der Waals surface area contributed by atoms with Gasteiger partial charge in [-0.05, 0) is 6.92 Å². The SMILES string of the molecule is CCOCC(=O)NC1(C(=O)O)CCOCC1. The van der Waals surface area contributed by atoms with Crippen LogP contribution in [0.1, 0.15) is 19.8 Å². The van der Waals surface area contributed by atoms with E-state index in [-0.39, 0.29) is 6.61 Å². The summed E-state index contributed by atoms with van der Waals surface area (Å²) in [5, 5.41) is 11.7. The molecular weight excluding hydrogens is 214 g/mol. The summed E-state index contributed by atoms with van der Waals surface area (Å²) < 4.78 is 10.0. The molecule has 0 atom stereocenters. The number of aliphatic carboxylic acids is 1. The molecular formula is C10H17NO5. The molecule has 1 saturated heterocycles. The predicted molar refractivity (Wildman–Crippen MR) is 55.1 cm³/mol. The molecule has 0 aromatic rings. The number of hydrogen-bond donors (Lipinski definition) is 2. The molecule has 92 valence electrons. The third-order valence-corrected chi connectivity index (χ3v) is 2.57. The summed E-state index contributed by atoms with van der Waals surface area (Å²) in [6.45, 7) is 2.79. The van der Waals surface area contributed by atoms with Gasteiger partial charge in [0.1, 0.15) is 12.1 Å². The molecule has 0 aliphatic carbocycles. The number of amides is 1. The van der Waals surface area contributed by atoms with E-state index in [1.54, 1.807) is 6.92 Å². The van der Waals surface area contributed by atoms with Crippen LogP contribution in [0.25, 0.3) is 0 Å². The summed E-state index contributed by atoms with van der Waals surface area (Å²) in [4.78, 5) is 22.6. The third kappa shape index (κ3) is 3.18. The van der Waals surface area contributed by atoms with Crippen molar-refractivity contribution in [2.24, 2.45) is 0 Å². The quantitative estimate of drug-likeness (QED) is 0.683. The van der Waals surface area contributed by atoms with Gasteiger partial charge in [0.2, 0.25) is 5.91 Å². The van der Waals surface area contributed by atoms with E-state index in [2.05, 4.69) is 5.32 Å². The Morgan fingerprint density at radius 2 is 2.06 bits per heavy atom. The van der Waals surface area contributed by atoms with Gasteiger partial charge in [0.15, 0.2) is 0 Å². The lowest BCUT2D eigenvalue weighted by Gasteiger charge is -2.33. The average molecular weight is 231 g/mol. The van der Waals surface area contributed by atoms with Crippen molar-refractivity contribution in [3.05, 3.63) is 0 Å². The normalized spacial score (nSPS) is 19.1. The molecule has 1 heterocycles.